The summed E-state index contributed by atoms with van der Waals surface area (Å²) in [5.74, 6) is -0.732. The number of fused-ring (bicyclic) bond motifs is 1. The number of aromatic nitrogens is 2. The van der Waals surface area contributed by atoms with Crippen LogP contribution in [0, 0.1) is 5.82 Å². The van der Waals surface area contributed by atoms with Crippen molar-refractivity contribution < 1.29 is 14.0 Å². The van der Waals surface area contributed by atoms with Crippen LogP contribution in [0.5, 0.6) is 0 Å². The Morgan fingerprint density at radius 1 is 1.35 bits per heavy atom. The van der Waals surface area contributed by atoms with Crippen molar-refractivity contribution in [3.05, 3.63) is 47.0 Å². The van der Waals surface area contributed by atoms with Gasteiger partial charge in [0.05, 0.1) is 0 Å². The van der Waals surface area contributed by atoms with Crippen LogP contribution in [0.3, 0.4) is 0 Å². The summed E-state index contributed by atoms with van der Waals surface area (Å²) in [4.78, 5) is 26.9. The molecular weight excluding hydrogens is 335 g/mol. The van der Waals surface area contributed by atoms with Gasteiger partial charge in [0.1, 0.15) is 17.5 Å². The fraction of sp³-hybridized carbons (Fsp3) is 0.421. The monoisotopic (exact) mass is 356 g/mol. The molecule has 26 heavy (non-hydrogen) atoms. The van der Waals surface area contributed by atoms with Crippen LogP contribution >= 0.6 is 0 Å². The molecule has 1 fully saturated rings. The van der Waals surface area contributed by atoms with Crippen LogP contribution in [0.1, 0.15) is 41.5 Å². The number of benzene rings is 1. The average Bonchev–Trinajstić information content (AvgIpc) is 3.24. The van der Waals surface area contributed by atoms with Crippen LogP contribution in [0.2, 0.25) is 0 Å². The van der Waals surface area contributed by atoms with Gasteiger partial charge in [-0.05, 0) is 37.8 Å². The zero-order valence-corrected chi connectivity index (χ0v) is 14.7. The fourth-order valence-electron chi connectivity index (χ4n) is 3.93. The van der Waals surface area contributed by atoms with E-state index in [1.807, 2.05) is 6.92 Å². The molecule has 0 radical (unpaired) electrons. The van der Waals surface area contributed by atoms with Crippen molar-refractivity contribution in [2.45, 2.75) is 38.6 Å². The molecule has 0 bridgehead atoms. The summed E-state index contributed by atoms with van der Waals surface area (Å²) < 4.78 is 15.8. The molecule has 1 N–H and O–H groups in total. The lowest BCUT2D eigenvalue weighted by molar-refractivity contribution is -0.127. The third kappa shape index (κ3) is 2.58. The molecule has 2 aliphatic rings. The second-order valence-electron chi connectivity index (χ2n) is 6.70. The number of piperazine rings is 1. The van der Waals surface area contributed by atoms with E-state index in [1.165, 1.54) is 6.07 Å². The van der Waals surface area contributed by atoms with E-state index in [-0.39, 0.29) is 17.6 Å². The van der Waals surface area contributed by atoms with Crippen molar-refractivity contribution in [1.29, 1.82) is 0 Å². The molecule has 0 spiro atoms. The zero-order chi connectivity index (χ0) is 18.3. The van der Waals surface area contributed by atoms with Crippen LogP contribution in [-0.4, -0.2) is 45.6 Å². The van der Waals surface area contributed by atoms with Gasteiger partial charge >= 0.3 is 0 Å². The van der Waals surface area contributed by atoms with Crippen LogP contribution in [0.15, 0.2) is 24.3 Å². The van der Waals surface area contributed by atoms with Gasteiger partial charge in [-0.1, -0.05) is 19.1 Å². The number of para-hydroxylation sites is 1. The Kier molecular flexibility index (Phi) is 4.22. The number of halogens is 1. The van der Waals surface area contributed by atoms with Gasteiger partial charge in [0.25, 0.3) is 5.91 Å². The number of nitrogens with zero attached hydrogens (tertiary/aromatic N) is 3. The van der Waals surface area contributed by atoms with Crippen molar-refractivity contribution in [2.75, 3.05) is 13.1 Å². The molecule has 1 unspecified atom stereocenters. The molecule has 2 heterocycles. The second-order valence-corrected chi connectivity index (χ2v) is 6.70. The number of nitrogens with one attached hydrogen (secondary N) is 1. The maximum absolute atomic E-state index is 14.3. The first kappa shape index (κ1) is 16.8. The first-order chi connectivity index (χ1) is 12.6. The third-order valence-electron chi connectivity index (χ3n) is 5.19. The molecule has 136 valence electrons. The van der Waals surface area contributed by atoms with E-state index >= 15 is 0 Å². The summed E-state index contributed by atoms with van der Waals surface area (Å²) in [5, 5.41) is 7.29. The highest BCUT2D eigenvalue weighted by Gasteiger charge is 2.36. The molecule has 1 aromatic heterocycles. The van der Waals surface area contributed by atoms with E-state index < -0.39 is 6.04 Å². The van der Waals surface area contributed by atoms with Crippen molar-refractivity contribution in [1.82, 2.24) is 20.0 Å². The molecular formula is C19H21FN4O2. The van der Waals surface area contributed by atoms with Crippen LogP contribution in [0.25, 0.3) is 5.69 Å². The fourth-order valence-corrected chi connectivity index (χ4v) is 3.93. The maximum atomic E-state index is 14.3. The quantitative estimate of drug-likeness (QED) is 0.913. The number of hydrogen-bond acceptors (Lipinski definition) is 3. The Hall–Kier alpha value is -2.70. The summed E-state index contributed by atoms with van der Waals surface area (Å²) in [5.41, 5.74) is 2.49. The van der Waals surface area contributed by atoms with Gasteiger partial charge < -0.3 is 10.2 Å². The van der Waals surface area contributed by atoms with Crippen molar-refractivity contribution in [2.24, 2.45) is 0 Å². The first-order valence-corrected chi connectivity index (χ1v) is 9.06. The number of carbonyl (C=O) groups is 2. The Balaban J connectivity index is 1.76. The van der Waals surface area contributed by atoms with Gasteiger partial charge in [-0.25, -0.2) is 9.07 Å². The summed E-state index contributed by atoms with van der Waals surface area (Å²) in [7, 11) is 0. The minimum Gasteiger partial charge on any atom is -0.353 e. The molecule has 1 aromatic carbocycles. The average molecular weight is 356 g/mol. The summed E-state index contributed by atoms with van der Waals surface area (Å²) in [6, 6.07) is 5.96. The number of rotatable bonds is 3. The Labute approximate surface area is 151 Å². The Morgan fingerprint density at radius 2 is 2.15 bits per heavy atom. The topological polar surface area (TPSA) is 67.2 Å². The number of carbonyl (C=O) groups excluding carboxylic acids is 2. The van der Waals surface area contributed by atoms with Crippen molar-refractivity contribution in [3.8, 4) is 5.69 Å². The van der Waals surface area contributed by atoms with Crippen LogP contribution in [0.4, 0.5) is 4.39 Å². The Morgan fingerprint density at radius 3 is 2.92 bits per heavy atom. The molecule has 6 nitrogen and oxygen atoms in total. The summed E-state index contributed by atoms with van der Waals surface area (Å²) in [6.07, 6.45) is 2.98. The number of hydrogen-bond donors (Lipinski definition) is 1. The first-order valence-electron chi connectivity index (χ1n) is 9.06. The van der Waals surface area contributed by atoms with E-state index in [9.17, 15) is 14.0 Å². The van der Waals surface area contributed by atoms with Crippen LogP contribution < -0.4 is 5.32 Å². The summed E-state index contributed by atoms with van der Waals surface area (Å²) >= 11 is 0. The molecule has 0 saturated carbocycles. The summed E-state index contributed by atoms with van der Waals surface area (Å²) in [6.45, 7) is 2.79. The molecule has 7 heteroatoms. The highest BCUT2D eigenvalue weighted by molar-refractivity contribution is 5.98. The highest BCUT2D eigenvalue weighted by Crippen LogP contribution is 2.30. The predicted octanol–water partition coefficient (Wildman–Crippen LogP) is 1.85. The lowest BCUT2D eigenvalue weighted by atomic mass is 10.1. The molecule has 1 atom stereocenters. The van der Waals surface area contributed by atoms with Gasteiger partial charge in [0, 0.05) is 24.3 Å². The van der Waals surface area contributed by atoms with E-state index in [2.05, 4.69) is 10.4 Å². The number of amides is 2. The van der Waals surface area contributed by atoms with Crippen LogP contribution in [-0.2, 0) is 17.6 Å². The van der Waals surface area contributed by atoms with Gasteiger partial charge in [-0.3, -0.25) is 9.59 Å². The molecule has 1 aliphatic carbocycles. The van der Waals surface area contributed by atoms with Crippen molar-refractivity contribution >= 4 is 11.8 Å². The smallest absolute Gasteiger partial charge is 0.275 e. The van der Waals surface area contributed by atoms with Gasteiger partial charge in [-0.15, -0.1) is 0 Å². The van der Waals surface area contributed by atoms with Gasteiger partial charge in [-0.2, -0.15) is 5.10 Å². The minimum atomic E-state index is -0.480. The van der Waals surface area contributed by atoms with Gasteiger partial charge in [0.15, 0.2) is 5.69 Å². The van der Waals surface area contributed by atoms with Crippen molar-refractivity contribution in [3.63, 3.8) is 0 Å². The van der Waals surface area contributed by atoms with Gasteiger partial charge in [0.2, 0.25) is 5.91 Å². The SMILES string of the molecule is CCC1C(=O)NCCN1C(=O)c1nn(-c2ccccc2F)c2c1CCC2. The molecule has 1 saturated heterocycles. The highest BCUT2D eigenvalue weighted by atomic mass is 19.1. The third-order valence-corrected chi connectivity index (χ3v) is 5.19. The zero-order valence-electron chi connectivity index (χ0n) is 14.7. The maximum Gasteiger partial charge on any atom is 0.275 e. The van der Waals surface area contributed by atoms with E-state index in [0.29, 0.717) is 30.9 Å². The van der Waals surface area contributed by atoms with E-state index in [4.69, 9.17) is 0 Å². The Bertz CT molecular complexity index is 876. The standard InChI is InChI=1S/C19H21FN4O2/c1-2-14-18(25)21-10-11-23(14)19(26)17-12-6-5-9-15(12)24(22-17)16-8-4-3-7-13(16)20/h3-4,7-8,14H,2,5-6,9-11H2,1H3,(H,21,25). The minimum absolute atomic E-state index is 0.128. The predicted molar refractivity (Wildman–Crippen MR) is 93.7 cm³/mol. The largest absolute Gasteiger partial charge is 0.353 e. The van der Waals surface area contributed by atoms with E-state index in [0.717, 1.165) is 30.5 Å². The molecule has 4 rings (SSSR count). The lowest BCUT2D eigenvalue weighted by Gasteiger charge is -2.34. The normalized spacial score (nSPS) is 19.4. The lowest BCUT2D eigenvalue weighted by Crippen LogP contribution is -2.57. The molecule has 2 amide bonds. The molecule has 1 aliphatic heterocycles. The molecule has 2 aromatic rings. The second kappa shape index (κ2) is 6.55. The van der Waals surface area contributed by atoms with E-state index in [1.54, 1.807) is 27.8 Å².